The van der Waals surface area contributed by atoms with Gasteiger partial charge >= 0.3 is 0 Å². The third-order valence-electron chi connectivity index (χ3n) is 3.09. The Kier molecular flexibility index (Phi) is 3.58. The lowest BCUT2D eigenvalue weighted by Gasteiger charge is -2.31. The number of nitrogens with one attached hydrogen (secondary N) is 1. The highest BCUT2D eigenvalue weighted by Crippen LogP contribution is 2.14. The molecule has 0 atom stereocenters. The van der Waals surface area contributed by atoms with Gasteiger partial charge in [0, 0.05) is 32.5 Å². The van der Waals surface area contributed by atoms with Gasteiger partial charge in [-0.2, -0.15) is 0 Å². The van der Waals surface area contributed by atoms with Crippen molar-refractivity contribution >= 4 is 5.91 Å². The molecule has 1 aromatic heterocycles. The summed E-state index contributed by atoms with van der Waals surface area (Å²) in [6.45, 7) is 1.41. The van der Waals surface area contributed by atoms with Crippen LogP contribution in [-0.2, 0) is 4.74 Å². The Morgan fingerprint density at radius 1 is 1.41 bits per heavy atom. The lowest BCUT2D eigenvalue weighted by Crippen LogP contribution is -2.40. The van der Waals surface area contributed by atoms with Gasteiger partial charge in [-0.25, -0.2) is 0 Å². The van der Waals surface area contributed by atoms with Crippen molar-refractivity contribution in [2.75, 3.05) is 20.2 Å². The van der Waals surface area contributed by atoms with Crippen LogP contribution in [0, 0.1) is 0 Å². The smallest absolute Gasteiger partial charge is 0.255 e. The largest absolute Gasteiger partial charge is 0.381 e. The predicted molar refractivity (Wildman–Crippen MR) is 63.0 cm³/mol. The minimum Gasteiger partial charge on any atom is -0.381 e. The Labute approximate surface area is 99.4 Å². The van der Waals surface area contributed by atoms with Crippen molar-refractivity contribution in [3.05, 3.63) is 34.2 Å². The fourth-order valence-electron chi connectivity index (χ4n) is 2.02. The van der Waals surface area contributed by atoms with Crippen LogP contribution in [-0.4, -0.2) is 42.1 Å². The van der Waals surface area contributed by atoms with E-state index in [2.05, 4.69) is 4.98 Å². The highest BCUT2D eigenvalue weighted by molar-refractivity contribution is 5.93. The topological polar surface area (TPSA) is 62.4 Å². The summed E-state index contributed by atoms with van der Waals surface area (Å²) in [6, 6.07) is 2.93. The lowest BCUT2D eigenvalue weighted by molar-refractivity contribution is 0.0350. The number of ether oxygens (including phenoxy) is 1. The molecule has 0 saturated carbocycles. The van der Waals surface area contributed by atoms with Gasteiger partial charge < -0.3 is 14.6 Å². The molecule has 17 heavy (non-hydrogen) atoms. The molecule has 5 nitrogen and oxygen atoms in total. The number of hydrogen-bond acceptors (Lipinski definition) is 3. The molecule has 92 valence electrons. The molecular formula is C12H16N2O3. The quantitative estimate of drug-likeness (QED) is 0.819. The second-order valence-electron chi connectivity index (χ2n) is 4.17. The zero-order valence-electron chi connectivity index (χ0n) is 9.81. The summed E-state index contributed by atoms with van der Waals surface area (Å²) < 4.78 is 5.26. The molecule has 5 heteroatoms. The molecule has 2 rings (SSSR count). The van der Waals surface area contributed by atoms with Crippen LogP contribution >= 0.6 is 0 Å². The number of likely N-dealkylation sites (tertiary alicyclic amines) is 1. The van der Waals surface area contributed by atoms with Crippen molar-refractivity contribution in [3.8, 4) is 0 Å². The third kappa shape index (κ3) is 2.74. The molecule has 1 aliphatic heterocycles. The maximum atomic E-state index is 12.1. The van der Waals surface area contributed by atoms with Gasteiger partial charge in [-0.15, -0.1) is 0 Å². The Morgan fingerprint density at radius 3 is 2.65 bits per heavy atom. The molecule has 0 radical (unpaired) electrons. The number of methoxy groups -OCH3 is 1. The number of carbonyl (C=O) groups is 1. The summed E-state index contributed by atoms with van der Waals surface area (Å²) in [4.78, 5) is 27.3. The van der Waals surface area contributed by atoms with E-state index >= 15 is 0 Å². The molecule has 0 aliphatic carbocycles. The molecule has 1 N–H and O–H groups in total. The number of nitrogens with zero attached hydrogens (tertiary/aromatic N) is 1. The van der Waals surface area contributed by atoms with Crippen molar-refractivity contribution in [1.82, 2.24) is 9.88 Å². The van der Waals surface area contributed by atoms with E-state index in [1.807, 2.05) is 0 Å². The molecule has 2 heterocycles. The number of amides is 1. The first-order valence-corrected chi connectivity index (χ1v) is 5.71. The standard InChI is InChI=1S/C12H16N2O3/c1-17-10-4-6-14(7-5-10)12(16)9-2-3-11(15)13-8-9/h2-3,8,10H,4-7H2,1H3,(H,13,15). The minimum atomic E-state index is -0.195. The van der Waals surface area contributed by atoms with E-state index in [0.717, 1.165) is 12.8 Å². The van der Waals surface area contributed by atoms with Crippen LogP contribution in [0.3, 0.4) is 0 Å². The van der Waals surface area contributed by atoms with Crippen LogP contribution in [0.25, 0.3) is 0 Å². The first-order chi connectivity index (χ1) is 8.20. The first-order valence-electron chi connectivity index (χ1n) is 5.71. The highest BCUT2D eigenvalue weighted by Gasteiger charge is 2.23. The Bertz CT molecular complexity index is 427. The maximum absolute atomic E-state index is 12.1. The molecule has 0 aromatic carbocycles. The normalized spacial score (nSPS) is 17.1. The molecule has 1 saturated heterocycles. The van der Waals surface area contributed by atoms with Gasteiger partial charge in [0.15, 0.2) is 0 Å². The Balaban J connectivity index is 2.01. The number of piperidine rings is 1. The molecule has 1 amide bonds. The van der Waals surface area contributed by atoms with Gasteiger partial charge in [-0.05, 0) is 18.9 Å². The molecule has 0 unspecified atom stereocenters. The minimum absolute atomic E-state index is 0.0317. The number of H-pyrrole nitrogens is 1. The first kappa shape index (κ1) is 11.9. The number of rotatable bonds is 2. The fourth-order valence-corrected chi connectivity index (χ4v) is 2.02. The summed E-state index contributed by atoms with van der Waals surface area (Å²) >= 11 is 0. The summed E-state index contributed by atoms with van der Waals surface area (Å²) in [7, 11) is 1.70. The van der Waals surface area contributed by atoms with Gasteiger partial charge in [-0.3, -0.25) is 9.59 Å². The van der Waals surface area contributed by atoms with Gasteiger partial charge in [0.05, 0.1) is 11.7 Å². The number of carbonyl (C=O) groups excluding carboxylic acids is 1. The zero-order chi connectivity index (χ0) is 12.3. The van der Waals surface area contributed by atoms with E-state index in [9.17, 15) is 9.59 Å². The van der Waals surface area contributed by atoms with Crippen molar-refractivity contribution in [1.29, 1.82) is 0 Å². The summed E-state index contributed by atoms with van der Waals surface area (Å²) in [5.74, 6) is -0.0317. The van der Waals surface area contributed by atoms with Crippen LogP contribution < -0.4 is 5.56 Å². The van der Waals surface area contributed by atoms with E-state index in [1.165, 1.54) is 12.3 Å². The van der Waals surface area contributed by atoms with Crippen LogP contribution in [0.15, 0.2) is 23.1 Å². The number of hydrogen-bond donors (Lipinski definition) is 1. The third-order valence-corrected chi connectivity index (χ3v) is 3.09. The second-order valence-corrected chi connectivity index (χ2v) is 4.17. The average Bonchev–Trinajstić information content (AvgIpc) is 2.39. The average molecular weight is 236 g/mol. The predicted octanol–water partition coefficient (Wildman–Crippen LogP) is 0.626. The highest BCUT2D eigenvalue weighted by atomic mass is 16.5. The van der Waals surface area contributed by atoms with Crippen molar-refractivity contribution < 1.29 is 9.53 Å². The Hall–Kier alpha value is -1.62. The molecule has 0 spiro atoms. The van der Waals surface area contributed by atoms with Crippen molar-refractivity contribution in [2.24, 2.45) is 0 Å². The Morgan fingerprint density at radius 2 is 2.12 bits per heavy atom. The van der Waals surface area contributed by atoms with E-state index < -0.39 is 0 Å². The molecule has 1 aromatic rings. The lowest BCUT2D eigenvalue weighted by atomic mass is 10.1. The van der Waals surface area contributed by atoms with Gasteiger partial charge in [-0.1, -0.05) is 0 Å². The van der Waals surface area contributed by atoms with Crippen LogP contribution in [0.1, 0.15) is 23.2 Å². The summed E-state index contributed by atoms with van der Waals surface area (Å²) in [5.41, 5.74) is 0.333. The monoisotopic (exact) mass is 236 g/mol. The zero-order valence-corrected chi connectivity index (χ0v) is 9.81. The number of aromatic amines is 1. The maximum Gasteiger partial charge on any atom is 0.255 e. The SMILES string of the molecule is COC1CCN(C(=O)c2ccc(=O)[nH]c2)CC1. The van der Waals surface area contributed by atoms with Crippen molar-refractivity contribution in [2.45, 2.75) is 18.9 Å². The number of pyridine rings is 1. The second kappa shape index (κ2) is 5.14. The summed E-state index contributed by atoms with van der Waals surface area (Å²) in [5, 5.41) is 0. The van der Waals surface area contributed by atoms with Crippen molar-refractivity contribution in [3.63, 3.8) is 0 Å². The van der Waals surface area contributed by atoms with Gasteiger partial charge in [0.1, 0.15) is 0 Å². The van der Waals surface area contributed by atoms with Crippen LogP contribution in [0.2, 0.25) is 0 Å². The molecular weight excluding hydrogens is 220 g/mol. The van der Waals surface area contributed by atoms with E-state index in [1.54, 1.807) is 18.1 Å². The summed E-state index contributed by atoms with van der Waals surface area (Å²) in [6.07, 6.45) is 3.46. The number of aromatic nitrogens is 1. The molecule has 1 aliphatic rings. The van der Waals surface area contributed by atoms with Crippen LogP contribution in [0.4, 0.5) is 0 Å². The fraction of sp³-hybridized carbons (Fsp3) is 0.500. The van der Waals surface area contributed by atoms with E-state index in [0.29, 0.717) is 18.7 Å². The molecule has 1 fully saturated rings. The van der Waals surface area contributed by atoms with E-state index in [-0.39, 0.29) is 17.6 Å². The van der Waals surface area contributed by atoms with Crippen LogP contribution in [0.5, 0.6) is 0 Å². The van der Waals surface area contributed by atoms with Gasteiger partial charge in [0.2, 0.25) is 5.56 Å². The van der Waals surface area contributed by atoms with Gasteiger partial charge in [0.25, 0.3) is 5.91 Å². The molecule has 0 bridgehead atoms. The van der Waals surface area contributed by atoms with E-state index in [4.69, 9.17) is 4.74 Å².